The van der Waals surface area contributed by atoms with Crippen LogP contribution in [0.3, 0.4) is 0 Å². The zero-order valence-corrected chi connectivity index (χ0v) is 14.2. The molecule has 2 heterocycles. The Morgan fingerprint density at radius 2 is 1.86 bits per heavy atom. The van der Waals surface area contributed by atoms with Gasteiger partial charge in [-0.25, -0.2) is 13.1 Å². The standard InChI is InChI=1S/C11H13Cl2N5O3S/c1-6(2)21-8-9(12)15-11(16-10(8)13)17-22(19,20)7-4-14-18(3)5-7/h4-6H,1-3H3,(H,15,16,17). The Kier molecular flexibility index (Phi) is 4.78. The second-order valence-electron chi connectivity index (χ2n) is 4.58. The predicted molar refractivity (Wildman–Crippen MR) is 81.8 cm³/mol. The number of aryl methyl sites for hydroxylation is 1. The second kappa shape index (κ2) is 6.27. The first-order valence-corrected chi connectivity index (χ1v) is 8.34. The SMILES string of the molecule is CC(C)Oc1c(Cl)nc(NS(=O)(=O)c2cnn(C)c2)nc1Cl. The highest BCUT2D eigenvalue weighted by molar-refractivity contribution is 7.92. The maximum absolute atomic E-state index is 12.1. The van der Waals surface area contributed by atoms with Crippen molar-refractivity contribution in [2.24, 2.45) is 7.05 Å². The molecule has 120 valence electrons. The summed E-state index contributed by atoms with van der Waals surface area (Å²) in [6, 6.07) is 0. The molecule has 11 heteroatoms. The maximum atomic E-state index is 12.1. The molecule has 0 aliphatic heterocycles. The maximum Gasteiger partial charge on any atom is 0.267 e. The van der Waals surface area contributed by atoms with Gasteiger partial charge >= 0.3 is 0 Å². The summed E-state index contributed by atoms with van der Waals surface area (Å²) >= 11 is 11.9. The van der Waals surface area contributed by atoms with Gasteiger partial charge in [-0.2, -0.15) is 15.1 Å². The van der Waals surface area contributed by atoms with E-state index in [1.54, 1.807) is 20.9 Å². The Balaban J connectivity index is 2.31. The summed E-state index contributed by atoms with van der Waals surface area (Å²) in [5.74, 6) is -0.155. The molecule has 0 saturated carbocycles. The third-order valence-electron chi connectivity index (χ3n) is 2.35. The van der Waals surface area contributed by atoms with E-state index in [-0.39, 0.29) is 33.0 Å². The highest BCUT2D eigenvalue weighted by Crippen LogP contribution is 2.32. The van der Waals surface area contributed by atoms with Crippen molar-refractivity contribution in [3.05, 3.63) is 22.7 Å². The van der Waals surface area contributed by atoms with Crippen LogP contribution in [0, 0.1) is 0 Å². The zero-order valence-electron chi connectivity index (χ0n) is 11.9. The predicted octanol–water partition coefficient (Wildman–Crippen LogP) is 2.10. The number of rotatable bonds is 5. The highest BCUT2D eigenvalue weighted by Gasteiger charge is 2.20. The summed E-state index contributed by atoms with van der Waals surface area (Å²) in [7, 11) is -2.28. The van der Waals surface area contributed by atoms with E-state index in [0.717, 1.165) is 0 Å². The summed E-state index contributed by atoms with van der Waals surface area (Å²) in [6.45, 7) is 3.57. The van der Waals surface area contributed by atoms with Crippen molar-refractivity contribution in [3.8, 4) is 5.75 Å². The van der Waals surface area contributed by atoms with Gasteiger partial charge in [0.1, 0.15) is 4.90 Å². The van der Waals surface area contributed by atoms with Gasteiger partial charge in [0.25, 0.3) is 10.0 Å². The van der Waals surface area contributed by atoms with Gasteiger partial charge in [-0.15, -0.1) is 0 Å². The van der Waals surface area contributed by atoms with Crippen molar-refractivity contribution in [2.75, 3.05) is 4.72 Å². The molecule has 0 bridgehead atoms. The second-order valence-corrected chi connectivity index (χ2v) is 6.98. The number of hydrogen-bond donors (Lipinski definition) is 1. The van der Waals surface area contributed by atoms with Gasteiger partial charge in [0.15, 0.2) is 16.1 Å². The van der Waals surface area contributed by atoms with Crippen LogP contribution < -0.4 is 9.46 Å². The molecule has 1 N–H and O–H groups in total. The molecular formula is C11H13Cl2N5O3S. The monoisotopic (exact) mass is 365 g/mol. The summed E-state index contributed by atoms with van der Waals surface area (Å²) in [5, 5.41) is 3.62. The molecule has 22 heavy (non-hydrogen) atoms. The van der Waals surface area contributed by atoms with Crippen LogP contribution in [0.25, 0.3) is 0 Å². The Bertz CT molecular complexity index is 768. The Labute approximate surface area is 137 Å². The lowest BCUT2D eigenvalue weighted by molar-refractivity contribution is 0.241. The molecule has 0 saturated heterocycles. The first-order chi connectivity index (χ1) is 10.2. The lowest BCUT2D eigenvalue weighted by Gasteiger charge is -2.13. The molecule has 0 fully saturated rings. The third kappa shape index (κ3) is 3.79. The van der Waals surface area contributed by atoms with Crippen LogP contribution in [0.15, 0.2) is 17.3 Å². The van der Waals surface area contributed by atoms with Gasteiger partial charge < -0.3 is 4.74 Å². The first kappa shape index (κ1) is 16.8. The molecule has 8 nitrogen and oxygen atoms in total. The number of nitrogens with one attached hydrogen (secondary N) is 1. The zero-order chi connectivity index (χ0) is 16.5. The van der Waals surface area contributed by atoms with Crippen molar-refractivity contribution >= 4 is 39.2 Å². The van der Waals surface area contributed by atoms with E-state index in [2.05, 4.69) is 19.8 Å². The number of halogens is 2. The molecule has 2 aromatic heterocycles. The van der Waals surface area contributed by atoms with Crippen LogP contribution >= 0.6 is 23.2 Å². The Hall–Kier alpha value is -1.58. The number of nitrogens with zero attached hydrogens (tertiary/aromatic N) is 4. The van der Waals surface area contributed by atoms with Gasteiger partial charge in [0, 0.05) is 13.2 Å². The summed E-state index contributed by atoms with van der Waals surface area (Å²) in [4.78, 5) is 7.63. The molecule has 0 aliphatic rings. The number of sulfonamides is 1. The van der Waals surface area contributed by atoms with E-state index < -0.39 is 10.0 Å². The van der Waals surface area contributed by atoms with E-state index in [0.29, 0.717) is 0 Å². The minimum absolute atomic E-state index is 0.0339. The summed E-state index contributed by atoms with van der Waals surface area (Å²) in [5.41, 5.74) is 0. The van der Waals surface area contributed by atoms with Gasteiger partial charge in [0.2, 0.25) is 5.95 Å². The third-order valence-corrected chi connectivity index (χ3v) is 4.15. The molecule has 0 amide bonds. The molecule has 0 atom stereocenters. The topological polar surface area (TPSA) is 99.0 Å². The number of ether oxygens (including phenoxy) is 1. The lowest BCUT2D eigenvalue weighted by Crippen LogP contribution is -2.15. The van der Waals surface area contributed by atoms with Crippen LogP contribution in [-0.4, -0.2) is 34.3 Å². The fraction of sp³-hybridized carbons (Fsp3) is 0.364. The van der Waals surface area contributed by atoms with E-state index in [4.69, 9.17) is 27.9 Å². The van der Waals surface area contributed by atoms with E-state index in [9.17, 15) is 8.42 Å². The van der Waals surface area contributed by atoms with Crippen molar-refractivity contribution < 1.29 is 13.2 Å². The molecular weight excluding hydrogens is 353 g/mol. The van der Waals surface area contributed by atoms with Crippen molar-refractivity contribution in [2.45, 2.75) is 24.8 Å². The van der Waals surface area contributed by atoms with Crippen molar-refractivity contribution in [3.63, 3.8) is 0 Å². The highest BCUT2D eigenvalue weighted by atomic mass is 35.5. The minimum Gasteiger partial charge on any atom is -0.485 e. The van der Waals surface area contributed by atoms with Crippen molar-refractivity contribution in [1.29, 1.82) is 0 Å². The molecule has 2 rings (SSSR count). The largest absolute Gasteiger partial charge is 0.485 e. The van der Waals surface area contributed by atoms with Crippen LogP contribution in [0.4, 0.5) is 5.95 Å². The van der Waals surface area contributed by atoms with Gasteiger partial charge in [0.05, 0.1) is 12.3 Å². The van der Waals surface area contributed by atoms with E-state index in [1.807, 2.05) is 0 Å². The Morgan fingerprint density at radius 1 is 1.27 bits per heavy atom. The normalized spacial score (nSPS) is 11.7. The van der Waals surface area contributed by atoms with Gasteiger partial charge in [-0.1, -0.05) is 23.2 Å². The minimum atomic E-state index is -3.88. The van der Waals surface area contributed by atoms with Crippen LogP contribution in [0.2, 0.25) is 10.3 Å². The van der Waals surface area contributed by atoms with E-state index in [1.165, 1.54) is 17.1 Å². The van der Waals surface area contributed by atoms with E-state index >= 15 is 0 Å². The molecule has 2 aromatic rings. The lowest BCUT2D eigenvalue weighted by atomic mass is 10.5. The molecule has 0 radical (unpaired) electrons. The Morgan fingerprint density at radius 3 is 2.32 bits per heavy atom. The van der Waals surface area contributed by atoms with Crippen LogP contribution in [-0.2, 0) is 17.1 Å². The molecule has 0 spiro atoms. The summed E-state index contributed by atoms with van der Waals surface area (Å²) < 4.78 is 33.2. The number of aromatic nitrogens is 4. The smallest absolute Gasteiger partial charge is 0.267 e. The molecule has 0 aliphatic carbocycles. The van der Waals surface area contributed by atoms with Crippen LogP contribution in [0.5, 0.6) is 5.75 Å². The fourth-order valence-corrected chi connectivity index (χ4v) is 2.90. The number of hydrogen-bond acceptors (Lipinski definition) is 6. The molecule has 0 unspecified atom stereocenters. The number of anilines is 1. The molecule has 0 aromatic carbocycles. The average molecular weight is 366 g/mol. The quantitative estimate of drug-likeness (QED) is 0.814. The van der Waals surface area contributed by atoms with Crippen molar-refractivity contribution in [1.82, 2.24) is 19.7 Å². The average Bonchev–Trinajstić information content (AvgIpc) is 2.81. The first-order valence-electron chi connectivity index (χ1n) is 6.10. The van der Waals surface area contributed by atoms with Gasteiger partial charge in [-0.3, -0.25) is 4.68 Å². The van der Waals surface area contributed by atoms with Crippen LogP contribution in [0.1, 0.15) is 13.8 Å². The van der Waals surface area contributed by atoms with Gasteiger partial charge in [-0.05, 0) is 13.8 Å². The fourth-order valence-electron chi connectivity index (χ4n) is 1.49. The summed E-state index contributed by atoms with van der Waals surface area (Å²) in [6.07, 6.45) is 2.35.